The minimum Gasteiger partial charge on any atom is -0.504 e. The number of aromatic hydroxyl groups is 2. The average Bonchev–Trinajstić information content (AvgIpc) is 2.83. The number of hydrogen-bond acceptors (Lipinski definition) is 8. The molecule has 0 amide bonds. The van der Waals surface area contributed by atoms with Gasteiger partial charge in [0.15, 0.2) is 27.2 Å². The number of phenols is 2. The van der Waals surface area contributed by atoms with Crippen LogP contribution in [0.1, 0.15) is 6.92 Å². The van der Waals surface area contributed by atoms with Crippen molar-refractivity contribution >= 4 is 28.2 Å². The Bertz CT molecular complexity index is 861. The number of allylic oxidation sites excluding steroid dienone is 1. The molecule has 0 fully saturated rings. The van der Waals surface area contributed by atoms with Crippen molar-refractivity contribution in [3.8, 4) is 11.5 Å². The van der Waals surface area contributed by atoms with Crippen molar-refractivity contribution < 1.29 is 18.6 Å². The fourth-order valence-electron chi connectivity index (χ4n) is 2.12. The van der Waals surface area contributed by atoms with Gasteiger partial charge in [-0.3, -0.25) is 5.01 Å². The maximum absolute atomic E-state index is 12.4. The second-order valence-corrected chi connectivity index (χ2v) is 7.40. The van der Waals surface area contributed by atoms with Crippen LogP contribution in [-0.2, 0) is 9.84 Å². The highest BCUT2D eigenvalue weighted by molar-refractivity contribution is 7.91. The van der Waals surface area contributed by atoms with E-state index in [4.69, 9.17) is 12.6 Å². The molecule has 121 valence electrons. The Morgan fingerprint density at radius 3 is 2.74 bits per heavy atom. The fourth-order valence-corrected chi connectivity index (χ4v) is 3.64. The summed E-state index contributed by atoms with van der Waals surface area (Å²) in [4.78, 5) is 4.16. The van der Waals surface area contributed by atoms with Crippen LogP contribution in [0.25, 0.3) is 0 Å². The Hall–Kier alpha value is -2.30. The number of hydrazine groups is 2. The van der Waals surface area contributed by atoms with Gasteiger partial charge in [-0.2, -0.15) is 0 Å². The zero-order valence-electron chi connectivity index (χ0n) is 12.0. The molecule has 2 heterocycles. The zero-order chi connectivity index (χ0) is 16.8. The molecule has 1 aromatic rings. The Morgan fingerprint density at radius 1 is 1.30 bits per heavy atom. The molecule has 23 heavy (non-hydrogen) atoms. The summed E-state index contributed by atoms with van der Waals surface area (Å²) in [6.45, 7) is 1.79. The van der Waals surface area contributed by atoms with E-state index >= 15 is 0 Å². The normalized spacial score (nSPS) is 17.5. The summed E-state index contributed by atoms with van der Waals surface area (Å²) in [5.74, 6) is -0.770. The monoisotopic (exact) mass is 353 g/mol. The Kier molecular flexibility index (Phi) is 3.66. The molecule has 1 radical (unpaired) electrons. The van der Waals surface area contributed by atoms with Crippen LogP contribution in [0.15, 0.2) is 51.2 Å². The maximum Gasteiger partial charge on any atom is 0.198 e. The third-order valence-corrected chi connectivity index (χ3v) is 5.08. The molecule has 0 saturated carbocycles. The molecule has 0 atom stereocenters. The molecule has 8 nitrogen and oxygen atoms in total. The predicted octanol–water partition coefficient (Wildman–Crippen LogP) is 1.18. The van der Waals surface area contributed by atoms with Crippen molar-refractivity contribution in [2.75, 3.05) is 5.88 Å². The van der Waals surface area contributed by atoms with E-state index < -0.39 is 21.5 Å². The van der Waals surface area contributed by atoms with E-state index in [-0.39, 0.29) is 10.6 Å². The minimum absolute atomic E-state index is 0.105. The van der Waals surface area contributed by atoms with Gasteiger partial charge in [-0.1, -0.05) is 12.6 Å². The van der Waals surface area contributed by atoms with E-state index in [1.807, 2.05) is 0 Å². The second kappa shape index (κ2) is 5.41. The number of nitrogens with one attached hydrogen (secondary N) is 1. The van der Waals surface area contributed by atoms with Crippen LogP contribution in [0.2, 0.25) is 0 Å². The first-order valence-corrected chi connectivity index (χ1v) is 8.56. The number of fused-ring (bicyclic) bond motifs is 1. The summed E-state index contributed by atoms with van der Waals surface area (Å²) in [6, 6.07) is 3.35. The van der Waals surface area contributed by atoms with Crippen LogP contribution in [0.3, 0.4) is 0 Å². The third kappa shape index (κ3) is 2.96. The van der Waals surface area contributed by atoms with Gasteiger partial charge >= 0.3 is 0 Å². The van der Waals surface area contributed by atoms with E-state index in [1.165, 1.54) is 22.3 Å². The maximum atomic E-state index is 12.4. The van der Waals surface area contributed by atoms with Crippen molar-refractivity contribution in [2.45, 2.75) is 11.8 Å². The van der Waals surface area contributed by atoms with Gasteiger partial charge in [0.05, 0.1) is 11.1 Å². The van der Waals surface area contributed by atoms with Gasteiger partial charge in [-0.15, -0.1) is 5.53 Å². The Labute approximate surface area is 138 Å². The van der Waals surface area contributed by atoms with Crippen LogP contribution in [0, 0.1) is 0 Å². The van der Waals surface area contributed by atoms with Crippen molar-refractivity contribution in [2.24, 2.45) is 4.99 Å². The second-order valence-electron chi connectivity index (χ2n) is 5.02. The lowest BCUT2D eigenvalue weighted by Crippen LogP contribution is -2.41. The number of benzene rings is 1. The van der Waals surface area contributed by atoms with Crippen LogP contribution in [-0.4, -0.2) is 40.2 Å². The van der Waals surface area contributed by atoms with Gasteiger partial charge in [-0.05, 0) is 25.1 Å². The molecule has 0 unspecified atom stereocenters. The van der Waals surface area contributed by atoms with Crippen molar-refractivity contribution in [3.63, 3.8) is 0 Å². The highest BCUT2D eigenvalue weighted by atomic mass is 32.2. The highest BCUT2D eigenvalue weighted by Crippen LogP contribution is 2.29. The minimum atomic E-state index is -3.74. The highest BCUT2D eigenvalue weighted by Gasteiger charge is 2.29. The van der Waals surface area contributed by atoms with Crippen LogP contribution in [0.4, 0.5) is 0 Å². The van der Waals surface area contributed by atoms with E-state index in [2.05, 4.69) is 10.5 Å². The number of phenolic OH excluding ortho intramolecular Hbond substituents is 2. The first-order valence-electron chi connectivity index (χ1n) is 6.50. The smallest absolute Gasteiger partial charge is 0.198 e. The molecule has 0 aliphatic carbocycles. The molecule has 1 aromatic carbocycles. The summed E-state index contributed by atoms with van der Waals surface area (Å²) in [5.41, 5.74) is 3.55. The van der Waals surface area contributed by atoms with Gasteiger partial charge in [-0.25, -0.2) is 18.4 Å². The summed E-state index contributed by atoms with van der Waals surface area (Å²) in [5, 5.41) is 22.0. The lowest BCUT2D eigenvalue weighted by Gasteiger charge is -2.24. The number of hydrogen-bond donors (Lipinski definition) is 3. The molecule has 10 heteroatoms. The standard InChI is InChI=1S/C13H13N4O4S2/c1-8-4-13(22)17-12(14-8)6-16(15-17)7-23(20,21)9-2-3-10(18)11(19)5-9/h2-6,15,18-19H,7H2,1H3. The lowest BCUT2D eigenvalue weighted by molar-refractivity contribution is 0.189. The summed E-state index contributed by atoms with van der Waals surface area (Å²) < 4.78 is 24.8. The first-order chi connectivity index (χ1) is 10.8. The fraction of sp³-hybridized carbons (Fsp3) is 0.154. The van der Waals surface area contributed by atoms with Crippen LogP contribution in [0.5, 0.6) is 11.5 Å². The molecule has 3 N–H and O–H groups in total. The van der Waals surface area contributed by atoms with Crippen LogP contribution >= 0.6 is 12.6 Å². The summed E-state index contributed by atoms with van der Waals surface area (Å²) >= 11 is 5.19. The number of sulfone groups is 1. The van der Waals surface area contributed by atoms with Gasteiger partial charge < -0.3 is 10.2 Å². The van der Waals surface area contributed by atoms with Crippen molar-refractivity contribution in [1.82, 2.24) is 15.6 Å². The lowest BCUT2D eigenvalue weighted by atomic mass is 10.3. The van der Waals surface area contributed by atoms with Gasteiger partial charge in [0.25, 0.3) is 0 Å². The van der Waals surface area contributed by atoms with Gasteiger partial charge in [0.2, 0.25) is 0 Å². The molecule has 0 bridgehead atoms. The number of rotatable bonds is 3. The van der Waals surface area contributed by atoms with E-state index in [1.54, 1.807) is 13.0 Å². The van der Waals surface area contributed by atoms with Gasteiger partial charge in [0, 0.05) is 11.8 Å². The number of aliphatic imine (C=N–C) groups is 1. The Balaban J connectivity index is 1.83. The quantitative estimate of drug-likeness (QED) is 0.701. The third-order valence-electron chi connectivity index (χ3n) is 3.19. The van der Waals surface area contributed by atoms with Crippen molar-refractivity contribution in [3.05, 3.63) is 41.3 Å². The number of nitrogens with zero attached hydrogens (tertiary/aromatic N) is 3. The van der Waals surface area contributed by atoms with E-state index in [0.29, 0.717) is 10.9 Å². The van der Waals surface area contributed by atoms with E-state index in [0.717, 1.165) is 17.8 Å². The molecular weight excluding hydrogens is 340 g/mol. The molecule has 2 aliphatic rings. The largest absolute Gasteiger partial charge is 0.504 e. The van der Waals surface area contributed by atoms with Gasteiger partial charge in [0.1, 0.15) is 10.9 Å². The molecule has 0 aromatic heterocycles. The molecule has 0 spiro atoms. The van der Waals surface area contributed by atoms with Crippen LogP contribution < -0.4 is 5.53 Å². The first kappa shape index (κ1) is 15.6. The molecule has 2 aliphatic heterocycles. The molecule has 3 rings (SSSR count). The SMILES string of the molecule is CC1=NC2=CN(CS(=O)(=O)c3ccc(O)c(O)c3)NN2C([S])=C1. The molecular formula is C13H13N4O4S2. The Morgan fingerprint density at radius 2 is 2.04 bits per heavy atom. The predicted molar refractivity (Wildman–Crippen MR) is 85.5 cm³/mol. The zero-order valence-corrected chi connectivity index (χ0v) is 13.6. The molecule has 0 saturated heterocycles. The average molecular weight is 353 g/mol. The summed E-state index contributed by atoms with van der Waals surface area (Å²) in [6.07, 6.45) is 3.22. The summed E-state index contributed by atoms with van der Waals surface area (Å²) in [7, 11) is -3.74. The topological polar surface area (TPSA) is 105 Å². The van der Waals surface area contributed by atoms with Crippen molar-refractivity contribution in [1.29, 1.82) is 0 Å². The van der Waals surface area contributed by atoms with E-state index in [9.17, 15) is 18.6 Å².